The number of imidazole rings is 1. The summed E-state index contributed by atoms with van der Waals surface area (Å²) >= 11 is 0. The quantitative estimate of drug-likeness (QED) is 0.482. The molecule has 0 aliphatic carbocycles. The molecule has 1 atom stereocenters. The molecule has 2 aromatic heterocycles. The van der Waals surface area contributed by atoms with Crippen molar-refractivity contribution in [3.63, 3.8) is 0 Å². The number of fused-ring (bicyclic) bond motifs is 1. The number of nitrogens with zero attached hydrogens (tertiary/aromatic N) is 4. The zero-order valence-corrected chi connectivity index (χ0v) is 16.9. The average molecular weight is 414 g/mol. The van der Waals surface area contributed by atoms with Crippen LogP contribution < -0.4 is 15.4 Å². The number of anilines is 1. The van der Waals surface area contributed by atoms with E-state index in [9.17, 15) is 4.79 Å². The third-order valence-corrected chi connectivity index (χ3v) is 5.34. The number of ketones is 1. The zero-order chi connectivity index (χ0) is 21.2. The summed E-state index contributed by atoms with van der Waals surface area (Å²) in [5, 5.41) is 0. The second-order valence-electron chi connectivity index (χ2n) is 7.59. The molecule has 0 amide bonds. The van der Waals surface area contributed by atoms with Crippen molar-refractivity contribution in [3.05, 3.63) is 72.3 Å². The lowest BCUT2D eigenvalue weighted by Crippen LogP contribution is -2.43. The molecule has 31 heavy (non-hydrogen) atoms. The Balaban J connectivity index is 1.34. The van der Waals surface area contributed by atoms with Gasteiger partial charge in [0, 0.05) is 37.1 Å². The van der Waals surface area contributed by atoms with Crippen LogP contribution in [0.1, 0.15) is 29.0 Å². The number of piperidine rings is 1. The lowest BCUT2D eigenvalue weighted by Gasteiger charge is -2.32. The number of nitrogens with one attached hydrogen (secondary N) is 1. The highest BCUT2D eigenvalue weighted by atomic mass is 16.5. The van der Waals surface area contributed by atoms with Gasteiger partial charge in [0.05, 0.1) is 11.0 Å². The first-order valence-electron chi connectivity index (χ1n) is 10.3. The Bertz CT molecular complexity index is 1190. The van der Waals surface area contributed by atoms with Crippen LogP contribution in [0.5, 0.6) is 11.6 Å². The lowest BCUT2D eigenvalue weighted by molar-refractivity contribution is 0.103. The normalized spacial score (nSPS) is 16.4. The van der Waals surface area contributed by atoms with Crippen LogP contribution in [-0.2, 0) is 0 Å². The first-order valence-corrected chi connectivity index (χ1v) is 10.3. The number of carbonyl (C=O) groups excluding carboxylic acids is 1. The van der Waals surface area contributed by atoms with Gasteiger partial charge in [-0.1, -0.05) is 12.1 Å². The van der Waals surface area contributed by atoms with E-state index in [-0.39, 0.29) is 11.8 Å². The summed E-state index contributed by atoms with van der Waals surface area (Å²) in [4.78, 5) is 31.2. The van der Waals surface area contributed by atoms with Crippen LogP contribution in [0.2, 0.25) is 0 Å². The van der Waals surface area contributed by atoms with Crippen molar-refractivity contribution >= 4 is 22.6 Å². The Morgan fingerprint density at radius 3 is 2.71 bits per heavy atom. The summed E-state index contributed by atoms with van der Waals surface area (Å²) in [6.07, 6.45) is 5.27. The number of para-hydroxylation sites is 2. The molecule has 0 radical (unpaired) electrons. The fourth-order valence-corrected chi connectivity index (χ4v) is 3.79. The highest BCUT2D eigenvalue weighted by Gasteiger charge is 2.22. The third kappa shape index (κ3) is 3.97. The first kappa shape index (κ1) is 19.2. The van der Waals surface area contributed by atoms with Crippen LogP contribution in [0.15, 0.2) is 60.9 Å². The van der Waals surface area contributed by atoms with Crippen LogP contribution in [0.3, 0.4) is 0 Å². The number of hydrogen-bond acceptors (Lipinski definition) is 7. The summed E-state index contributed by atoms with van der Waals surface area (Å²) in [7, 11) is 0. The van der Waals surface area contributed by atoms with Crippen molar-refractivity contribution in [1.82, 2.24) is 19.9 Å². The van der Waals surface area contributed by atoms with Gasteiger partial charge in [-0.3, -0.25) is 4.79 Å². The molecule has 0 unspecified atom stereocenters. The number of nitrogens with two attached hydrogens (primary N) is 1. The summed E-state index contributed by atoms with van der Waals surface area (Å²) < 4.78 is 6.00. The molecule has 1 fully saturated rings. The Morgan fingerprint density at radius 1 is 1.10 bits per heavy atom. The van der Waals surface area contributed by atoms with Crippen LogP contribution in [0.4, 0.5) is 5.82 Å². The molecule has 2 aromatic carbocycles. The highest BCUT2D eigenvalue weighted by Crippen LogP contribution is 2.30. The molecule has 3 heterocycles. The van der Waals surface area contributed by atoms with E-state index in [0.29, 0.717) is 28.8 Å². The van der Waals surface area contributed by atoms with E-state index >= 15 is 0 Å². The second-order valence-corrected chi connectivity index (χ2v) is 7.59. The summed E-state index contributed by atoms with van der Waals surface area (Å²) in [6, 6.07) is 14.6. The largest absolute Gasteiger partial charge is 0.436 e. The molecular weight excluding hydrogens is 392 g/mol. The highest BCUT2D eigenvalue weighted by molar-refractivity contribution is 6.08. The molecule has 0 saturated carbocycles. The van der Waals surface area contributed by atoms with Gasteiger partial charge in [-0.25, -0.2) is 15.0 Å². The van der Waals surface area contributed by atoms with Crippen molar-refractivity contribution in [2.75, 3.05) is 18.0 Å². The molecule has 0 spiro atoms. The predicted octanol–water partition coefficient (Wildman–Crippen LogP) is 3.30. The standard InChI is InChI=1S/C23H22N6O2/c24-16-4-3-13-29(14-16)22-23(26-12-11-25-22)31-17-9-7-15(8-10-17)20(30)21-27-18-5-1-2-6-19(18)28-21/h1-2,5-12,16H,3-4,13-14,24H2,(H,27,28)/t16-/m1/s1. The van der Waals surface area contributed by atoms with Gasteiger partial charge in [0.15, 0.2) is 11.6 Å². The maximum atomic E-state index is 12.8. The Kier molecular flexibility index (Phi) is 5.05. The van der Waals surface area contributed by atoms with Gasteiger partial charge < -0.3 is 20.4 Å². The lowest BCUT2D eigenvalue weighted by atomic mass is 10.1. The van der Waals surface area contributed by atoms with Gasteiger partial charge in [0.25, 0.3) is 5.88 Å². The number of rotatable bonds is 5. The molecule has 5 rings (SSSR count). The van der Waals surface area contributed by atoms with Crippen LogP contribution >= 0.6 is 0 Å². The number of aromatic amines is 1. The van der Waals surface area contributed by atoms with Gasteiger partial charge in [-0.05, 0) is 49.2 Å². The molecule has 0 bridgehead atoms. The van der Waals surface area contributed by atoms with E-state index in [4.69, 9.17) is 10.5 Å². The zero-order valence-electron chi connectivity index (χ0n) is 16.9. The van der Waals surface area contributed by atoms with Crippen molar-refractivity contribution in [1.29, 1.82) is 0 Å². The van der Waals surface area contributed by atoms with Gasteiger partial charge in [-0.2, -0.15) is 0 Å². The van der Waals surface area contributed by atoms with E-state index in [2.05, 4.69) is 24.8 Å². The molecule has 3 N–H and O–H groups in total. The topological polar surface area (TPSA) is 110 Å². The first-order chi connectivity index (χ1) is 15.2. The van der Waals surface area contributed by atoms with Gasteiger partial charge in [-0.15, -0.1) is 0 Å². The Hall–Kier alpha value is -3.78. The second kappa shape index (κ2) is 8.16. The number of carbonyl (C=O) groups is 1. The minimum atomic E-state index is -0.176. The number of benzene rings is 2. The third-order valence-electron chi connectivity index (χ3n) is 5.34. The molecule has 156 valence electrons. The molecule has 1 aliphatic heterocycles. The smallest absolute Gasteiger partial charge is 0.263 e. The van der Waals surface area contributed by atoms with Crippen molar-refractivity contribution in [2.45, 2.75) is 18.9 Å². The van der Waals surface area contributed by atoms with E-state index in [1.54, 1.807) is 36.7 Å². The number of ether oxygens (including phenoxy) is 1. The van der Waals surface area contributed by atoms with Crippen LogP contribution in [0, 0.1) is 0 Å². The fraction of sp³-hybridized carbons (Fsp3) is 0.217. The molecule has 1 saturated heterocycles. The van der Waals surface area contributed by atoms with Crippen molar-refractivity contribution < 1.29 is 9.53 Å². The Morgan fingerprint density at radius 2 is 1.90 bits per heavy atom. The number of hydrogen-bond donors (Lipinski definition) is 2. The maximum absolute atomic E-state index is 12.8. The Labute approximate surface area is 179 Å². The summed E-state index contributed by atoms with van der Waals surface area (Å²) in [6.45, 7) is 1.59. The molecular formula is C23H22N6O2. The molecule has 4 aromatic rings. The molecule has 1 aliphatic rings. The number of H-pyrrole nitrogens is 1. The van der Waals surface area contributed by atoms with Crippen molar-refractivity contribution in [2.24, 2.45) is 5.73 Å². The monoisotopic (exact) mass is 414 g/mol. The maximum Gasteiger partial charge on any atom is 0.263 e. The number of aromatic nitrogens is 4. The van der Waals surface area contributed by atoms with Crippen LogP contribution in [-0.4, -0.2) is 44.9 Å². The van der Waals surface area contributed by atoms with Gasteiger partial charge in [0.1, 0.15) is 5.75 Å². The van der Waals surface area contributed by atoms with Crippen LogP contribution in [0.25, 0.3) is 11.0 Å². The van der Waals surface area contributed by atoms with Gasteiger partial charge in [0.2, 0.25) is 5.78 Å². The van der Waals surface area contributed by atoms with E-state index in [0.717, 1.165) is 37.0 Å². The van der Waals surface area contributed by atoms with E-state index in [1.165, 1.54) is 0 Å². The molecule has 8 nitrogen and oxygen atoms in total. The predicted molar refractivity (Wildman–Crippen MR) is 117 cm³/mol. The van der Waals surface area contributed by atoms with Gasteiger partial charge >= 0.3 is 0 Å². The average Bonchev–Trinajstić information content (AvgIpc) is 3.24. The SMILES string of the molecule is N[C@@H]1CCCN(c2nccnc2Oc2ccc(C(=O)c3nc4ccccc4[nH]3)cc2)C1. The molecule has 8 heteroatoms. The summed E-state index contributed by atoms with van der Waals surface area (Å²) in [5.41, 5.74) is 8.23. The minimum absolute atomic E-state index is 0.118. The fourth-order valence-electron chi connectivity index (χ4n) is 3.79. The minimum Gasteiger partial charge on any atom is -0.436 e. The van der Waals surface area contributed by atoms with Crippen molar-refractivity contribution in [3.8, 4) is 11.6 Å². The summed E-state index contributed by atoms with van der Waals surface area (Å²) in [5.74, 6) is 1.81. The van der Waals surface area contributed by atoms with E-state index in [1.807, 2.05) is 24.3 Å². The van der Waals surface area contributed by atoms with E-state index < -0.39 is 0 Å².